The van der Waals surface area contributed by atoms with Gasteiger partial charge in [-0.15, -0.1) is 0 Å². The fourth-order valence-electron chi connectivity index (χ4n) is 1.20. The average molecular weight is 295 g/mol. The van der Waals surface area contributed by atoms with Crippen LogP contribution in [0.5, 0.6) is 11.5 Å². The van der Waals surface area contributed by atoms with Gasteiger partial charge in [0.1, 0.15) is 11.5 Å². The summed E-state index contributed by atoms with van der Waals surface area (Å²) in [5.74, 6) is 1.48. The first-order chi connectivity index (χ1) is 9.72. The number of rotatable bonds is 5. The minimum Gasteiger partial charge on any atom is -0.750 e. The van der Waals surface area contributed by atoms with Gasteiger partial charge in [-0.05, 0) is 24.3 Å². The summed E-state index contributed by atoms with van der Waals surface area (Å²) >= 11 is -2.51. The molecule has 0 saturated heterocycles. The summed E-state index contributed by atoms with van der Waals surface area (Å²) in [6.45, 7) is -0.292. The number of ether oxygens (including phenoxy) is 2. The Bertz CT molecular complexity index is 489. The Hall–Kier alpha value is -1.89. The summed E-state index contributed by atoms with van der Waals surface area (Å²) in [6, 6.07) is 18.5. The Morgan fingerprint density at radius 3 is 1.85 bits per heavy atom. The van der Waals surface area contributed by atoms with E-state index >= 15 is 0 Å². The van der Waals surface area contributed by atoms with Gasteiger partial charge in [-0.2, -0.15) is 0 Å². The van der Waals surface area contributed by atoms with E-state index in [0.717, 1.165) is 5.75 Å². The van der Waals surface area contributed by atoms with Gasteiger partial charge in [0, 0.05) is 0 Å². The molecule has 1 atom stereocenters. The van der Waals surface area contributed by atoms with E-state index in [2.05, 4.69) is 4.18 Å². The number of hydrogen-bond donors (Lipinski definition) is 0. The van der Waals surface area contributed by atoms with E-state index in [1.54, 1.807) is 31.4 Å². The van der Waals surface area contributed by atoms with Crippen LogP contribution >= 0.6 is 0 Å². The average Bonchev–Trinajstić information content (AvgIpc) is 2.49. The standard InChI is InChI=1S/C7H8O4S.C7H8O/c8-12(9)11-6-10-7-4-2-1-3-5-7;1-8-7-5-3-2-4-6-7/h1-5H,6H2,(H,8,9);2-6H,1H3/p-1. The highest BCUT2D eigenvalue weighted by Crippen LogP contribution is 2.07. The molecule has 0 fully saturated rings. The molecule has 0 aliphatic carbocycles. The highest BCUT2D eigenvalue weighted by molar-refractivity contribution is 7.74. The molecule has 0 aromatic heterocycles. The van der Waals surface area contributed by atoms with Crippen LogP contribution in [-0.4, -0.2) is 22.7 Å². The second-order valence-electron chi connectivity index (χ2n) is 3.41. The van der Waals surface area contributed by atoms with E-state index in [1.807, 2.05) is 36.4 Å². The Kier molecular flexibility index (Phi) is 8.05. The highest BCUT2D eigenvalue weighted by Gasteiger charge is 1.89. The van der Waals surface area contributed by atoms with Crippen LogP contribution in [0.4, 0.5) is 0 Å². The molecule has 0 radical (unpaired) electrons. The first-order valence-electron chi connectivity index (χ1n) is 5.72. The molecule has 0 aliphatic heterocycles. The first kappa shape index (κ1) is 16.2. The smallest absolute Gasteiger partial charge is 0.203 e. The molecule has 0 heterocycles. The zero-order valence-corrected chi connectivity index (χ0v) is 11.7. The van der Waals surface area contributed by atoms with Crippen LogP contribution in [0, 0.1) is 0 Å². The lowest BCUT2D eigenvalue weighted by Gasteiger charge is -2.07. The fourth-order valence-corrected chi connectivity index (χ4v) is 1.33. The van der Waals surface area contributed by atoms with Gasteiger partial charge in [0.05, 0.1) is 18.5 Å². The van der Waals surface area contributed by atoms with Crippen LogP contribution in [0.2, 0.25) is 0 Å². The van der Waals surface area contributed by atoms with Gasteiger partial charge in [0.25, 0.3) is 0 Å². The Morgan fingerprint density at radius 2 is 1.45 bits per heavy atom. The minimum absolute atomic E-state index is 0.292. The molecule has 20 heavy (non-hydrogen) atoms. The second-order valence-corrected chi connectivity index (χ2v) is 4.06. The van der Waals surface area contributed by atoms with Crippen molar-refractivity contribution in [1.29, 1.82) is 0 Å². The number of methoxy groups -OCH3 is 1. The SMILES string of the molecule is COc1ccccc1.O=S([O-])OCOc1ccccc1. The fraction of sp³-hybridized carbons (Fsp3) is 0.143. The lowest BCUT2D eigenvalue weighted by atomic mass is 10.3. The molecule has 0 amide bonds. The predicted molar refractivity (Wildman–Crippen MR) is 74.9 cm³/mol. The maximum atomic E-state index is 9.89. The van der Waals surface area contributed by atoms with Crippen LogP contribution < -0.4 is 9.47 Å². The van der Waals surface area contributed by atoms with Gasteiger partial charge in [-0.3, -0.25) is 4.18 Å². The van der Waals surface area contributed by atoms with E-state index in [1.165, 1.54) is 0 Å². The van der Waals surface area contributed by atoms with Gasteiger partial charge in [0.2, 0.25) is 6.79 Å². The van der Waals surface area contributed by atoms with Crippen molar-refractivity contribution >= 4 is 11.4 Å². The third-order valence-electron chi connectivity index (χ3n) is 2.09. The second kappa shape index (κ2) is 9.96. The maximum Gasteiger partial charge on any atom is 0.203 e. The van der Waals surface area contributed by atoms with Gasteiger partial charge >= 0.3 is 0 Å². The highest BCUT2D eigenvalue weighted by atomic mass is 32.2. The topological polar surface area (TPSA) is 67.8 Å². The van der Waals surface area contributed by atoms with Crippen molar-refractivity contribution in [3.8, 4) is 11.5 Å². The predicted octanol–water partition coefficient (Wildman–Crippen LogP) is 2.53. The summed E-state index contributed by atoms with van der Waals surface area (Å²) in [6.07, 6.45) is 0. The van der Waals surface area contributed by atoms with Crippen molar-refractivity contribution in [2.45, 2.75) is 0 Å². The summed E-state index contributed by atoms with van der Waals surface area (Å²) in [7, 11) is 1.66. The number of hydrogen-bond acceptors (Lipinski definition) is 5. The van der Waals surface area contributed by atoms with Crippen LogP contribution in [0.25, 0.3) is 0 Å². The first-order valence-corrected chi connectivity index (χ1v) is 6.72. The summed E-state index contributed by atoms with van der Waals surface area (Å²) in [5.41, 5.74) is 0. The monoisotopic (exact) mass is 295 g/mol. The molecule has 0 bridgehead atoms. The van der Waals surface area contributed by atoms with Gasteiger partial charge in [-0.25, -0.2) is 4.21 Å². The summed E-state index contributed by atoms with van der Waals surface area (Å²) in [5, 5.41) is 0. The van der Waals surface area contributed by atoms with Gasteiger partial charge in [-0.1, -0.05) is 36.4 Å². The van der Waals surface area contributed by atoms with E-state index in [-0.39, 0.29) is 6.79 Å². The van der Waals surface area contributed by atoms with E-state index in [4.69, 9.17) is 9.47 Å². The molecular weight excluding hydrogens is 280 g/mol. The van der Waals surface area contributed by atoms with Crippen molar-refractivity contribution in [3.05, 3.63) is 60.7 Å². The van der Waals surface area contributed by atoms with Crippen molar-refractivity contribution in [2.24, 2.45) is 0 Å². The van der Waals surface area contributed by atoms with Crippen molar-refractivity contribution in [2.75, 3.05) is 13.9 Å². The molecule has 0 aliphatic rings. The normalized spacial score (nSPS) is 10.9. The number of para-hydroxylation sites is 2. The molecule has 0 saturated carbocycles. The lowest BCUT2D eigenvalue weighted by molar-refractivity contribution is 0.122. The molecule has 5 nitrogen and oxygen atoms in total. The molecule has 1 unspecified atom stereocenters. The maximum absolute atomic E-state index is 9.89. The van der Waals surface area contributed by atoms with E-state index < -0.39 is 11.4 Å². The zero-order valence-electron chi connectivity index (χ0n) is 10.9. The zero-order chi connectivity index (χ0) is 14.6. The van der Waals surface area contributed by atoms with Crippen LogP contribution in [0.3, 0.4) is 0 Å². The minimum atomic E-state index is -2.51. The Labute approximate surface area is 120 Å². The molecule has 2 aromatic carbocycles. The van der Waals surface area contributed by atoms with Crippen LogP contribution in [0.15, 0.2) is 60.7 Å². The molecular formula is C14H15O5S-. The van der Waals surface area contributed by atoms with Crippen molar-refractivity contribution in [3.63, 3.8) is 0 Å². The summed E-state index contributed by atoms with van der Waals surface area (Å²) < 4.78 is 33.7. The molecule has 2 aromatic rings. The van der Waals surface area contributed by atoms with Gasteiger partial charge < -0.3 is 14.0 Å². The molecule has 6 heteroatoms. The van der Waals surface area contributed by atoms with E-state index in [9.17, 15) is 8.76 Å². The number of benzene rings is 2. The van der Waals surface area contributed by atoms with Crippen molar-refractivity contribution < 1.29 is 22.4 Å². The third kappa shape index (κ3) is 7.52. The molecule has 108 valence electrons. The van der Waals surface area contributed by atoms with E-state index in [0.29, 0.717) is 5.75 Å². The largest absolute Gasteiger partial charge is 0.750 e. The summed E-state index contributed by atoms with van der Waals surface area (Å²) in [4.78, 5) is 0. The molecule has 0 N–H and O–H groups in total. The van der Waals surface area contributed by atoms with Crippen molar-refractivity contribution in [1.82, 2.24) is 0 Å². The lowest BCUT2D eigenvalue weighted by Crippen LogP contribution is -2.04. The van der Waals surface area contributed by atoms with Crippen LogP contribution in [-0.2, 0) is 15.5 Å². The quantitative estimate of drug-likeness (QED) is 0.626. The molecule has 0 spiro atoms. The Morgan fingerprint density at radius 1 is 0.950 bits per heavy atom. The third-order valence-corrected chi connectivity index (χ3v) is 2.38. The van der Waals surface area contributed by atoms with Gasteiger partial charge in [0.15, 0.2) is 0 Å². The Balaban J connectivity index is 0.000000217. The molecule has 2 rings (SSSR count). The van der Waals surface area contributed by atoms with Crippen LogP contribution in [0.1, 0.15) is 0 Å².